The third-order valence-corrected chi connectivity index (χ3v) is 4.64. The van der Waals surface area contributed by atoms with Crippen molar-refractivity contribution < 1.29 is 9.90 Å². The smallest absolute Gasteiger partial charge is 0.339 e. The summed E-state index contributed by atoms with van der Waals surface area (Å²) < 4.78 is 0. The Balaban J connectivity index is 1.82. The summed E-state index contributed by atoms with van der Waals surface area (Å²) >= 11 is 0. The molecule has 1 fully saturated rings. The van der Waals surface area contributed by atoms with Gasteiger partial charge in [0.15, 0.2) is 0 Å². The highest BCUT2D eigenvalue weighted by Crippen LogP contribution is 2.29. The van der Waals surface area contributed by atoms with Crippen LogP contribution in [-0.4, -0.2) is 22.1 Å². The van der Waals surface area contributed by atoms with Gasteiger partial charge < -0.3 is 10.4 Å². The van der Waals surface area contributed by atoms with Crippen LogP contribution in [0, 0.1) is 5.92 Å². The molecule has 1 aromatic rings. The van der Waals surface area contributed by atoms with Gasteiger partial charge in [0.25, 0.3) is 0 Å². The van der Waals surface area contributed by atoms with Crippen LogP contribution in [0.2, 0.25) is 0 Å². The van der Waals surface area contributed by atoms with E-state index >= 15 is 0 Å². The van der Waals surface area contributed by atoms with E-state index in [0.717, 1.165) is 49.3 Å². The number of rotatable bonds is 3. The van der Waals surface area contributed by atoms with Gasteiger partial charge in [-0.3, -0.25) is 0 Å². The number of anilines is 1. The third-order valence-electron chi connectivity index (χ3n) is 4.64. The molecule has 2 N–H and O–H groups in total. The van der Waals surface area contributed by atoms with E-state index < -0.39 is 5.97 Å². The van der Waals surface area contributed by atoms with E-state index in [9.17, 15) is 9.90 Å². The fourth-order valence-corrected chi connectivity index (χ4v) is 3.34. The molecule has 4 heteroatoms. The van der Waals surface area contributed by atoms with E-state index in [4.69, 9.17) is 0 Å². The van der Waals surface area contributed by atoms with Crippen molar-refractivity contribution in [3.05, 3.63) is 22.9 Å². The van der Waals surface area contributed by atoms with Crippen molar-refractivity contribution in [1.82, 2.24) is 4.98 Å². The van der Waals surface area contributed by atoms with E-state index in [2.05, 4.69) is 17.2 Å². The molecule has 1 heterocycles. The average molecular weight is 274 g/mol. The monoisotopic (exact) mass is 274 g/mol. The Morgan fingerprint density at radius 1 is 1.30 bits per heavy atom. The van der Waals surface area contributed by atoms with Gasteiger partial charge in [0.05, 0.1) is 0 Å². The van der Waals surface area contributed by atoms with Crippen LogP contribution in [0.4, 0.5) is 5.82 Å². The molecular weight excluding hydrogens is 252 g/mol. The number of hydrogen-bond acceptors (Lipinski definition) is 3. The molecular formula is C16H22N2O2. The van der Waals surface area contributed by atoms with Crippen LogP contribution in [0.15, 0.2) is 6.07 Å². The number of pyridine rings is 1. The first-order chi connectivity index (χ1) is 9.63. The van der Waals surface area contributed by atoms with Crippen LogP contribution in [0.5, 0.6) is 0 Å². The highest BCUT2D eigenvalue weighted by molar-refractivity contribution is 5.93. The van der Waals surface area contributed by atoms with Gasteiger partial charge in [-0.15, -0.1) is 0 Å². The molecule has 0 aliphatic heterocycles. The largest absolute Gasteiger partial charge is 0.478 e. The van der Waals surface area contributed by atoms with Crippen LogP contribution in [0.1, 0.15) is 60.6 Å². The first-order valence-corrected chi connectivity index (χ1v) is 7.66. The van der Waals surface area contributed by atoms with Crippen molar-refractivity contribution in [3.8, 4) is 0 Å². The first kappa shape index (κ1) is 13.4. The quantitative estimate of drug-likeness (QED) is 0.888. The lowest BCUT2D eigenvalue weighted by Gasteiger charge is -2.28. The fourth-order valence-electron chi connectivity index (χ4n) is 3.34. The minimum Gasteiger partial charge on any atom is -0.478 e. The molecule has 2 aliphatic carbocycles. The first-order valence-electron chi connectivity index (χ1n) is 7.66. The third kappa shape index (κ3) is 2.65. The zero-order valence-corrected chi connectivity index (χ0v) is 12.0. The number of nitrogens with one attached hydrogen (secondary N) is 1. The number of hydrogen-bond donors (Lipinski definition) is 2. The Kier molecular flexibility index (Phi) is 3.64. The fraction of sp³-hybridized carbons (Fsp3) is 0.625. The van der Waals surface area contributed by atoms with Crippen LogP contribution in [0.25, 0.3) is 0 Å². The molecule has 0 spiro atoms. The molecule has 0 radical (unpaired) electrons. The molecule has 4 nitrogen and oxygen atoms in total. The molecule has 0 saturated heterocycles. The molecule has 1 aromatic heterocycles. The number of aromatic carboxylic acids is 1. The highest BCUT2D eigenvalue weighted by atomic mass is 16.4. The van der Waals surface area contributed by atoms with Crippen molar-refractivity contribution in [2.45, 2.75) is 57.9 Å². The number of carboxylic acids is 1. The maximum Gasteiger partial charge on any atom is 0.339 e. The Morgan fingerprint density at radius 2 is 2.05 bits per heavy atom. The number of carbonyl (C=O) groups is 1. The molecule has 0 aromatic carbocycles. The standard InChI is InChI=1S/C16H22N2O2/c1-10-5-7-12(8-6-10)17-15-13(16(19)20)9-11-3-2-4-14(11)18-15/h9-10,12H,2-8H2,1H3,(H,17,18)(H,19,20). The molecule has 0 amide bonds. The van der Waals surface area contributed by atoms with E-state index in [1.807, 2.05) is 6.07 Å². The summed E-state index contributed by atoms with van der Waals surface area (Å²) in [6.45, 7) is 2.28. The highest BCUT2D eigenvalue weighted by Gasteiger charge is 2.23. The van der Waals surface area contributed by atoms with E-state index in [-0.39, 0.29) is 0 Å². The molecule has 20 heavy (non-hydrogen) atoms. The van der Waals surface area contributed by atoms with Crippen LogP contribution in [-0.2, 0) is 12.8 Å². The molecule has 1 saturated carbocycles. The summed E-state index contributed by atoms with van der Waals surface area (Å²) in [6, 6.07) is 2.20. The predicted octanol–water partition coefficient (Wildman–Crippen LogP) is 3.26. The van der Waals surface area contributed by atoms with Crippen LogP contribution in [0.3, 0.4) is 0 Å². The Morgan fingerprint density at radius 3 is 2.75 bits per heavy atom. The van der Waals surface area contributed by atoms with Gasteiger partial charge in [-0.25, -0.2) is 9.78 Å². The summed E-state index contributed by atoms with van der Waals surface area (Å²) in [6.07, 6.45) is 7.68. The number of aromatic nitrogens is 1. The zero-order chi connectivity index (χ0) is 14.1. The van der Waals surface area contributed by atoms with Gasteiger partial charge in [0.1, 0.15) is 11.4 Å². The Hall–Kier alpha value is -1.58. The van der Waals surface area contributed by atoms with Gasteiger partial charge in [-0.2, -0.15) is 0 Å². The number of fused-ring (bicyclic) bond motifs is 1. The van der Waals surface area contributed by atoms with Crippen molar-refractivity contribution >= 4 is 11.8 Å². The second-order valence-corrected chi connectivity index (χ2v) is 6.25. The van der Waals surface area contributed by atoms with Gasteiger partial charge in [-0.1, -0.05) is 6.92 Å². The SMILES string of the molecule is CC1CCC(Nc2nc3c(cc2C(=O)O)CCC3)CC1. The Bertz CT molecular complexity index is 519. The van der Waals surface area contributed by atoms with Crippen molar-refractivity contribution in [1.29, 1.82) is 0 Å². The molecule has 2 aliphatic rings. The van der Waals surface area contributed by atoms with E-state index in [0.29, 0.717) is 17.4 Å². The summed E-state index contributed by atoms with van der Waals surface area (Å²) in [5.41, 5.74) is 2.54. The maximum absolute atomic E-state index is 11.4. The molecule has 0 atom stereocenters. The summed E-state index contributed by atoms with van der Waals surface area (Å²) in [5.74, 6) is 0.497. The number of aryl methyl sites for hydroxylation is 2. The molecule has 0 unspecified atom stereocenters. The summed E-state index contributed by atoms with van der Waals surface area (Å²) in [4.78, 5) is 16.0. The van der Waals surface area contributed by atoms with Gasteiger partial charge in [0.2, 0.25) is 0 Å². The van der Waals surface area contributed by atoms with Gasteiger partial charge in [0, 0.05) is 11.7 Å². The minimum atomic E-state index is -0.876. The lowest BCUT2D eigenvalue weighted by molar-refractivity contribution is 0.0697. The molecule has 0 bridgehead atoms. The second-order valence-electron chi connectivity index (χ2n) is 6.25. The van der Waals surface area contributed by atoms with Crippen molar-refractivity contribution in [2.24, 2.45) is 5.92 Å². The van der Waals surface area contributed by atoms with E-state index in [1.165, 1.54) is 12.8 Å². The number of nitrogens with zero attached hydrogens (tertiary/aromatic N) is 1. The van der Waals surface area contributed by atoms with Gasteiger partial charge in [-0.05, 0) is 62.5 Å². The lowest BCUT2D eigenvalue weighted by atomic mass is 9.87. The lowest BCUT2D eigenvalue weighted by Crippen LogP contribution is -2.27. The predicted molar refractivity (Wildman–Crippen MR) is 78.3 cm³/mol. The molecule has 108 valence electrons. The van der Waals surface area contributed by atoms with E-state index in [1.54, 1.807) is 0 Å². The van der Waals surface area contributed by atoms with Gasteiger partial charge >= 0.3 is 5.97 Å². The zero-order valence-electron chi connectivity index (χ0n) is 12.0. The number of carboxylic acid groups (broad SMARTS) is 1. The van der Waals surface area contributed by atoms with Crippen LogP contribution >= 0.6 is 0 Å². The van der Waals surface area contributed by atoms with Crippen molar-refractivity contribution in [3.63, 3.8) is 0 Å². The summed E-state index contributed by atoms with van der Waals surface area (Å²) in [5, 5.41) is 12.8. The normalized spacial score (nSPS) is 25.2. The minimum absolute atomic E-state index is 0.337. The Labute approximate surface area is 119 Å². The van der Waals surface area contributed by atoms with Crippen molar-refractivity contribution in [2.75, 3.05) is 5.32 Å². The maximum atomic E-state index is 11.4. The molecule has 3 rings (SSSR count). The average Bonchev–Trinajstić information content (AvgIpc) is 2.87. The van der Waals surface area contributed by atoms with Crippen LogP contribution < -0.4 is 5.32 Å². The topological polar surface area (TPSA) is 62.2 Å². The second kappa shape index (κ2) is 5.43. The summed E-state index contributed by atoms with van der Waals surface area (Å²) in [7, 11) is 0.